The molecule has 1 unspecified atom stereocenters. The first-order chi connectivity index (χ1) is 10.7. The number of hydrogen-bond acceptors (Lipinski definition) is 3. The van der Waals surface area contributed by atoms with Crippen LogP contribution in [0.2, 0.25) is 0 Å². The van der Waals surface area contributed by atoms with Gasteiger partial charge in [0.2, 0.25) is 5.91 Å². The van der Waals surface area contributed by atoms with Crippen LogP contribution in [0.1, 0.15) is 50.6 Å². The number of nitrogens with one attached hydrogen (secondary N) is 2. The van der Waals surface area contributed by atoms with E-state index >= 15 is 0 Å². The van der Waals surface area contributed by atoms with Crippen molar-refractivity contribution in [2.45, 2.75) is 51.1 Å². The molecule has 1 saturated carbocycles. The van der Waals surface area contributed by atoms with Crippen molar-refractivity contribution < 1.29 is 14.3 Å². The van der Waals surface area contributed by atoms with Crippen LogP contribution in [0.3, 0.4) is 0 Å². The van der Waals surface area contributed by atoms with E-state index in [1.165, 1.54) is 12.8 Å². The topological polar surface area (TPSA) is 67.4 Å². The lowest BCUT2D eigenvalue weighted by Crippen LogP contribution is -2.37. The number of hydrogen-bond donors (Lipinski definition) is 2. The molecule has 1 aliphatic rings. The molecule has 1 aromatic carbocycles. The number of amides is 2. The van der Waals surface area contributed by atoms with E-state index in [1.54, 1.807) is 6.92 Å². The smallest absolute Gasteiger partial charge is 0.407 e. The van der Waals surface area contributed by atoms with Crippen molar-refractivity contribution in [2.75, 3.05) is 6.61 Å². The molecule has 22 heavy (non-hydrogen) atoms. The molecule has 0 aromatic heterocycles. The summed E-state index contributed by atoms with van der Waals surface area (Å²) in [6, 6.07) is 9.41. The van der Waals surface area contributed by atoms with E-state index in [0.717, 1.165) is 18.4 Å². The van der Waals surface area contributed by atoms with Crippen molar-refractivity contribution in [1.82, 2.24) is 10.6 Å². The maximum atomic E-state index is 12.2. The van der Waals surface area contributed by atoms with Gasteiger partial charge in [0.25, 0.3) is 0 Å². The molecule has 1 aliphatic carbocycles. The Kier molecular flexibility index (Phi) is 6.25. The van der Waals surface area contributed by atoms with Gasteiger partial charge in [0, 0.05) is 6.04 Å². The number of ether oxygens (including phenoxy) is 1. The predicted molar refractivity (Wildman–Crippen MR) is 84.4 cm³/mol. The number of carbonyl (C=O) groups is 2. The first-order valence-electron chi connectivity index (χ1n) is 7.96. The van der Waals surface area contributed by atoms with E-state index in [0.29, 0.717) is 6.61 Å². The van der Waals surface area contributed by atoms with Gasteiger partial charge in [0.15, 0.2) is 0 Å². The quantitative estimate of drug-likeness (QED) is 0.849. The van der Waals surface area contributed by atoms with Gasteiger partial charge in [-0.2, -0.15) is 0 Å². The molecular formula is C17H24N2O3. The zero-order valence-corrected chi connectivity index (χ0v) is 13.0. The molecule has 0 radical (unpaired) electrons. The summed E-state index contributed by atoms with van der Waals surface area (Å²) in [5, 5.41) is 5.82. The Balaban J connectivity index is 1.97. The van der Waals surface area contributed by atoms with Crippen LogP contribution in [0.15, 0.2) is 30.3 Å². The largest absolute Gasteiger partial charge is 0.450 e. The Morgan fingerprint density at radius 3 is 2.55 bits per heavy atom. The van der Waals surface area contributed by atoms with Crippen LogP contribution in [0.4, 0.5) is 4.79 Å². The summed E-state index contributed by atoms with van der Waals surface area (Å²) >= 11 is 0. The fourth-order valence-corrected chi connectivity index (χ4v) is 2.79. The van der Waals surface area contributed by atoms with Crippen LogP contribution < -0.4 is 10.6 Å². The fourth-order valence-electron chi connectivity index (χ4n) is 2.79. The molecule has 0 saturated heterocycles. The van der Waals surface area contributed by atoms with Gasteiger partial charge in [-0.25, -0.2) is 4.79 Å². The van der Waals surface area contributed by atoms with Gasteiger partial charge < -0.3 is 15.4 Å². The van der Waals surface area contributed by atoms with E-state index < -0.39 is 6.09 Å². The summed E-state index contributed by atoms with van der Waals surface area (Å²) in [5.74, 6) is -0.0300. The summed E-state index contributed by atoms with van der Waals surface area (Å²) in [5.41, 5.74) is 0.900. The third-order valence-electron chi connectivity index (χ3n) is 3.88. The first kappa shape index (κ1) is 16.3. The van der Waals surface area contributed by atoms with Gasteiger partial charge in [-0.1, -0.05) is 43.2 Å². The average Bonchev–Trinajstić information content (AvgIpc) is 3.00. The molecule has 0 aliphatic heterocycles. The standard InChI is InChI=1S/C17H24N2O3/c1-2-22-17(21)19-15(13-8-4-3-5-9-13)12-16(20)18-14-10-6-7-11-14/h3-5,8-9,14-15H,2,6-7,10-12H2,1H3,(H,18,20)(H,19,21). The lowest BCUT2D eigenvalue weighted by atomic mass is 10.0. The minimum atomic E-state index is -0.495. The van der Waals surface area contributed by atoms with E-state index in [4.69, 9.17) is 4.74 Å². The molecule has 2 rings (SSSR count). The number of rotatable bonds is 6. The highest BCUT2D eigenvalue weighted by Gasteiger charge is 2.22. The molecule has 0 bridgehead atoms. The van der Waals surface area contributed by atoms with Gasteiger partial charge in [-0.05, 0) is 25.3 Å². The van der Waals surface area contributed by atoms with Crippen LogP contribution in [0, 0.1) is 0 Å². The maximum absolute atomic E-state index is 12.2. The highest BCUT2D eigenvalue weighted by Crippen LogP contribution is 2.20. The zero-order valence-electron chi connectivity index (χ0n) is 13.0. The lowest BCUT2D eigenvalue weighted by Gasteiger charge is -2.20. The second-order valence-corrected chi connectivity index (χ2v) is 5.58. The summed E-state index contributed by atoms with van der Waals surface area (Å²) in [6.45, 7) is 2.06. The SMILES string of the molecule is CCOC(=O)NC(CC(=O)NC1CCCC1)c1ccccc1. The molecule has 5 heteroatoms. The third kappa shape index (κ3) is 5.06. The molecule has 0 spiro atoms. The van der Waals surface area contributed by atoms with Crippen molar-refractivity contribution in [2.24, 2.45) is 0 Å². The number of carbonyl (C=O) groups excluding carboxylic acids is 2. The second kappa shape index (κ2) is 8.41. The third-order valence-corrected chi connectivity index (χ3v) is 3.88. The predicted octanol–water partition coefficient (Wildman–Crippen LogP) is 2.92. The highest BCUT2D eigenvalue weighted by molar-refractivity contribution is 5.78. The van der Waals surface area contributed by atoms with E-state index in [2.05, 4.69) is 10.6 Å². The molecular weight excluding hydrogens is 280 g/mol. The summed E-state index contributed by atoms with van der Waals surface area (Å²) < 4.78 is 4.93. The van der Waals surface area contributed by atoms with Crippen molar-refractivity contribution in [3.63, 3.8) is 0 Å². The fraction of sp³-hybridized carbons (Fsp3) is 0.529. The maximum Gasteiger partial charge on any atom is 0.407 e. The van der Waals surface area contributed by atoms with Crippen LogP contribution in [0.25, 0.3) is 0 Å². The normalized spacial score (nSPS) is 16.0. The molecule has 5 nitrogen and oxygen atoms in total. The van der Waals surface area contributed by atoms with E-state index in [1.807, 2.05) is 30.3 Å². The molecule has 1 fully saturated rings. The molecule has 1 atom stereocenters. The Hall–Kier alpha value is -2.04. The van der Waals surface area contributed by atoms with Crippen LogP contribution in [0.5, 0.6) is 0 Å². The molecule has 120 valence electrons. The monoisotopic (exact) mass is 304 g/mol. The average molecular weight is 304 g/mol. The van der Waals surface area contributed by atoms with Crippen LogP contribution in [-0.4, -0.2) is 24.6 Å². The summed E-state index contributed by atoms with van der Waals surface area (Å²) in [4.78, 5) is 23.9. The van der Waals surface area contributed by atoms with Crippen molar-refractivity contribution in [1.29, 1.82) is 0 Å². The Bertz CT molecular complexity index is 484. The number of alkyl carbamates (subject to hydrolysis) is 1. The van der Waals surface area contributed by atoms with Crippen molar-refractivity contribution >= 4 is 12.0 Å². The van der Waals surface area contributed by atoms with Gasteiger partial charge in [0.1, 0.15) is 0 Å². The Morgan fingerprint density at radius 2 is 1.91 bits per heavy atom. The first-order valence-corrected chi connectivity index (χ1v) is 7.96. The Labute approximate surface area is 131 Å². The molecule has 1 aromatic rings. The van der Waals surface area contributed by atoms with Crippen molar-refractivity contribution in [3.05, 3.63) is 35.9 Å². The second-order valence-electron chi connectivity index (χ2n) is 5.58. The van der Waals surface area contributed by atoms with Crippen LogP contribution >= 0.6 is 0 Å². The molecule has 2 amide bonds. The van der Waals surface area contributed by atoms with Crippen LogP contribution in [-0.2, 0) is 9.53 Å². The highest BCUT2D eigenvalue weighted by atomic mass is 16.5. The Morgan fingerprint density at radius 1 is 1.23 bits per heavy atom. The zero-order chi connectivity index (χ0) is 15.8. The summed E-state index contributed by atoms with van der Waals surface area (Å²) in [7, 11) is 0. The minimum absolute atomic E-state index is 0.0300. The van der Waals surface area contributed by atoms with Crippen molar-refractivity contribution in [3.8, 4) is 0 Å². The van der Waals surface area contributed by atoms with Gasteiger partial charge in [-0.15, -0.1) is 0 Å². The van der Waals surface area contributed by atoms with E-state index in [-0.39, 0.29) is 24.4 Å². The van der Waals surface area contributed by atoms with Gasteiger partial charge >= 0.3 is 6.09 Å². The van der Waals surface area contributed by atoms with Gasteiger partial charge in [0.05, 0.1) is 19.1 Å². The molecule has 0 heterocycles. The lowest BCUT2D eigenvalue weighted by molar-refractivity contribution is -0.122. The molecule has 2 N–H and O–H groups in total. The minimum Gasteiger partial charge on any atom is -0.450 e. The summed E-state index contributed by atoms with van der Waals surface area (Å²) in [6.07, 6.45) is 4.17. The van der Waals surface area contributed by atoms with Gasteiger partial charge in [-0.3, -0.25) is 4.79 Å². The van der Waals surface area contributed by atoms with E-state index in [9.17, 15) is 9.59 Å². The number of benzene rings is 1.